The Bertz CT molecular complexity index is 2640. The largest absolute Gasteiger partial charge is 1.00 e. The van der Waals surface area contributed by atoms with E-state index in [4.69, 9.17) is 78.4 Å². The highest BCUT2D eigenvalue weighted by molar-refractivity contribution is 8.00. The van der Waals surface area contributed by atoms with Crippen LogP contribution >= 0.6 is 93.1 Å². The van der Waals surface area contributed by atoms with Gasteiger partial charge in [0, 0.05) is 18.5 Å². The molecule has 61 heavy (non-hydrogen) atoms. The van der Waals surface area contributed by atoms with Gasteiger partial charge in [-0.15, -0.1) is 20.4 Å². The molecule has 7 rings (SSSR count). The van der Waals surface area contributed by atoms with Gasteiger partial charge in [0.15, 0.2) is 12.4 Å². The number of nitrogens with one attached hydrogen (secondary N) is 3. The van der Waals surface area contributed by atoms with Crippen molar-refractivity contribution in [3.05, 3.63) is 134 Å². The van der Waals surface area contributed by atoms with Crippen LogP contribution in [0.1, 0.15) is 0 Å². The van der Waals surface area contributed by atoms with E-state index in [-0.39, 0.29) is 69.3 Å². The quantitative estimate of drug-likeness (QED) is 0.0784. The minimum absolute atomic E-state index is 0. The number of rotatable bonds is 13. The second kappa shape index (κ2) is 23.0. The third-order valence-electron chi connectivity index (χ3n) is 7.48. The van der Waals surface area contributed by atoms with Gasteiger partial charge >= 0.3 is 0 Å². The van der Waals surface area contributed by atoms with Crippen molar-refractivity contribution < 1.29 is 40.2 Å². The molecule has 23 heteroatoms. The van der Waals surface area contributed by atoms with Crippen molar-refractivity contribution in [2.24, 2.45) is 0 Å². The van der Waals surface area contributed by atoms with E-state index in [2.05, 4.69) is 41.3 Å². The standard InChI is InChI=1S/C23H15Cl4N5O3S.C15H10Cl2N4O2S.ClH/c24-14-5-1-7-16(20(14)26)28-18(33)11-32-9-3-4-13(10-32)22-30-31-23(35-22)36-12-19(34)29-17-8-2-6-15(25)21(17)27;16-10-4-1-5-11(13(10)17)19-12(22)8-24-15-21-20-14(23-15)9-3-2-6-18-7-9;/h1-10H,11-12H2,(H-,28,29,33,34);1-7H,8H2,(H,19,22);1H. The summed E-state index contributed by atoms with van der Waals surface area (Å²) in [7, 11) is 0. The minimum Gasteiger partial charge on any atom is -1.00 e. The number of halogens is 7. The Balaban J connectivity index is 0.000000245. The van der Waals surface area contributed by atoms with Crippen LogP contribution in [0.5, 0.6) is 0 Å². The summed E-state index contributed by atoms with van der Waals surface area (Å²) in [5.41, 5.74) is 2.60. The smallest absolute Gasteiger partial charge is 0.290 e. The van der Waals surface area contributed by atoms with Gasteiger partial charge in [-0.2, -0.15) is 4.57 Å². The van der Waals surface area contributed by atoms with E-state index in [1.54, 1.807) is 102 Å². The number of hydrogen-bond donors (Lipinski definition) is 3. The van der Waals surface area contributed by atoms with Crippen LogP contribution in [0.4, 0.5) is 17.1 Å². The lowest BCUT2D eigenvalue weighted by Gasteiger charge is -2.07. The maximum absolute atomic E-state index is 12.5. The van der Waals surface area contributed by atoms with Crippen molar-refractivity contribution >= 4 is 128 Å². The predicted octanol–water partition coefficient (Wildman–Crippen LogP) is 7.18. The number of hydrogen-bond acceptors (Lipinski definition) is 12. The fourth-order valence-corrected chi connectivity index (χ4v) is 6.96. The van der Waals surface area contributed by atoms with Crippen molar-refractivity contribution in [3.8, 4) is 22.9 Å². The molecule has 0 aliphatic carbocycles. The molecule has 3 amide bonds. The molecule has 7 aromatic rings. The topological polar surface area (TPSA) is 182 Å². The third kappa shape index (κ3) is 13.7. The molecule has 0 spiro atoms. The molecule has 0 bridgehead atoms. The van der Waals surface area contributed by atoms with Crippen molar-refractivity contribution in [3.63, 3.8) is 0 Å². The molecule has 0 saturated carbocycles. The van der Waals surface area contributed by atoms with Gasteiger partial charge in [0.05, 0.1) is 64.3 Å². The van der Waals surface area contributed by atoms with E-state index < -0.39 is 0 Å². The Kier molecular flexibility index (Phi) is 17.9. The SMILES string of the molecule is O=C(CSc1nnc(-c2ccc[n+](CC(=O)Nc3cccc(Cl)c3Cl)c2)o1)Nc1cccc(Cl)c1Cl.O=C(CSc1nnc(-c2cccnc2)o1)Nc1cccc(Cl)c1Cl.[Cl-]. The first kappa shape index (κ1) is 47.4. The van der Waals surface area contributed by atoms with Crippen LogP contribution in [-0.2, 0) is 20.9 Å². The van der Waals surface area contributed by atoms with Gasteiger partial charge in [-0.1, -0.05) is 111 Å². The molecule has 3 aromatic carbocycles. The lowest BCUT2D eigenvalue weighted by molar-refractivity contribution is -0.683. The fraction of sp³-hybridized carbons (Fsp3) is 0.0789. The third-order valence-corrected chi connectivity index (χ3v) is 11.6. The minimum atomic E-state index is -0.313. The van der Waals surface area contributed by atoms with Crippen molar-refractivity contribution in [2.45, 2.75) is 17.0 Å². The summed E-state index contributed by atoms with van der Waals surface area (Å²) in [4.78, 5) is 40.7. The lowest BCUT2D eigenvalue weighted by atomic mass is 10.3. The number of carbonyl (C=O) groups is 3. The highest BCUT2D eigenvalue weighted by atomic mass is 35.5. The summed E-state index contributed by atoms with van der Waals surface area (Å²) < 4.78 is 12.8. The Labute approximate surface area is 391 Å². The molecule has 0 fully saturated rings. The van der Waals surface area contributed by atoms with E-state index >= 15 is 0 Å². The normalized spacial score (nSPS) is 10.5. The zero-order valence-corrected chi connectivity index (χ0v) is 37.5. The maximum atomic E-state index is 12.5. The molecule has 14 nitrogen and oxygen atoms in total. The molecule has 0 aliphatic rings. The van der Waals surface area contributed by atoms with Gasteiger partial charge in [0.2, 0.25) is 24.2 Å². The van der Waals surface area contributed by atoms with E-state index in [0.29, 0.717) is 59.4 Å². The summed E-state index contributed by atoms with van der Waals surface area (Å²) >= 11 is 38.3. The fourth-order valence-electron chi connectivity index (χ4n) is 4.79. The number of benzene rings is 3. The number of anilines is 3. The van der Waals surface area contributed by atoms with E-state index in [1.807, 2.05) is 6.07 Å². The molecular weight excluding hydrogens is 975 g/mol. The van der Waals surface area contributed by atoms with Crippen LogP contribution < -0.4 is 32.9 Å². The first-order valence-electron chi connectivity index (χ1n) is 17.0. The van der Waals surface area contributed by atoms with E-state index in [0.717, 1.165) is 23.5 Å². The Morgan fingerprint density at radius 1 is 0.574 bits per heavy atom. The number of carbonyl (C=O) groups excluding carboxylic acids is 3. The summed E-state index contributed by atoms with van der Waals surface area (Å²) in [6, 6.07) is 22.1. The van der Waals surface area contributed by atoms with Gasteiger partial charge in [-0.25, -0.2) is 0 Å². The van der Waals surface area contributed by atoms with Crippen molar-refractivity contribution in [2.75, 3.05) is 27.5 Å². The summed E-state index contributed by atoms with van der Waals surface area (Å²) in [6.45, 7) is 0.0126. The highest BCUT2D eigenvalue weighted by Crippen LogP contribution is 2.32. The molecule has 4 heterocycles. The highest BCUT2D eigenvalue weighted by Gasteiger charge is 2.18. The molecular formula is C38H26Cl7N9O5S2. The van der Waals surface area contributed by atoms with Crippen LogP contribution in [0.3, 0.4) is 0 Å². The zero-order valence-electron chi connectivity index (χ0n) is 30.6. The Morgan fingerprint density at radius 3 is 1.51 bits per heavy atom. The van der Waals surface area contributed by atoms with Gasteiger partial charge in [-0.3, -0.25) is 19.4 Å². The maximum Gasteiger partial charge on any atom is 0.290 e. The zero-order chi connectivity index (χ0) is 42.6. The predicted molar refractivity (Wildman–Crippen MR) is 234 cm³/mol. The molecule has 0 radical (unpaired) electrons. The average Bonchev–Trinajstić information content (AvgIpc) is 3.93. The monoisotopic (exact) mass is 997 g/mol. The molecule has 0 saturated heterocycles. The molecule has 314 valence electrons. The molecule has 3 N–H and O–H groups in total. The number of nitrogens with zero attached hydrogens (tertiary/aromatic N) is 6. The number of pyridine rings is 2. The molecule has 0 atom stereocenters. The summed E-state index contributed by atoms with van der Waals surface area (Å²) in [6.07, 6.45) is 6.69. The first-order valence-corrected chi connectivity index (χ1v) is 21.2. The van der Waals surface area contributed by atoms with Gasteiger partial charge in [0.1, 0.15) is 5.56 Å². The van der Waals surface area contributed by atoms with Gasteiger partial charge in [0.25, 0.3) is 22.2 Å². The molecule has 0 unspecified atom stereocenters. The second-order valence-corrected chi connectivity index (χ2v) is 16.0. The summed E-state index contributed by atoms with van der Waals surface area (Å²) in [5, 5.41) is 26.3. The van der Waals surface area contributed by atoms with Crippen molar-refractivity contribution in [1.29, 1.82) is 0 Å². The van der Waals surface area contributed by atoms with Crippen LogP contribution in [-0.4, -0.2) is 54.6 Å². The first-order chi connectivity index (χ1) is 28.9. The molecule has 4 aromatic heterocycles. The second-order valence-electron chi connectivity index (χ2n) is 11.8. The van der Waals surface area contributed by atoms with Crippen LogP contribution in [0, 0.1) is 0 Å². The lowest BCUT2D eigenvalue weighted by Crippen LogP contribution is -3.00. The van der Waals surface area contributed by atoms with Crippen LogP contribution in [0.15, 0.2) is 123 Å². The van der Waals surface area contributed by atoms with E-state index in [9.17, 15) is 14.4 Å². The Hall–Kier alpha value is -4.62. The average molecular weight is 1000 g/mol. The van der Waals surface area contributed by atoms with Gasteiger partial charge in [-0.05, 0) is 54.6 Å². The summed E-state index contributed by atoms with van der Waals surface area (Å²) in [5.74, 6) is -0.165. The Morgan fingerprint density at radius 2 is 1.03 bits per heavy atom. The van der Waals surface area contributed by atoms with Crippen LogP contribution in [0.2, 0.25) is 30.1 Å². The molecule has 0 aliphatic heterocycles. The van der Waals surface area contributed by atoms with Gasteiger partial charge < -0.3 is 37.2 Å². The van der Waals surface area contributed by atoms with E-state index in [1.165, 1.54) is 0 Å². The van der Waals surface area contributed by atoms with Crippen molar-refractivity contribution in [1.82, 2.24) is 25.4 Å². The van der Waals surface area contributed by atoms with Crippen LogP contribution in [0.25, 0.3) is 22.9 Å². The number of thioether (sulfide) groups is 2. The number of amides is 3. The number of aromatic nitrogens is 6.